The lowest BCUT2D eigenvalue weighted by Gasteiger charge is -2.11. The Morgan fingerprint density at radius 3 is 2.64 bits per heavy atom. The van der Waals surface area contributed by atoms with Gasteiger partial charge in [0.25, 0.3) is 5.91 Å². The van der Waals surface area contributed by atoms with Gasteiger partial charge in [-0.3, -0.25) is 4.79 Å². The molecule has 3 rings (SSSR count). The standard InChI is InChI=1S/C21H25N5O2/c1-26(2)12-7-11-22-21(27)18-14-19(23-15-17-10-6-13-28-17)25-20(24-18)16-8-4-3-5-9-16/h3-6,8-10,13-14H,7,11-12,15H2,1-2H3,(H,22,27)(H,23,24,25). The van der Waals surface area contributed by atoms with E-state index in [2.05, 4.69) is 25.5 Å². The Labute approximate surface area is 164 Å². The van der Waals surface area contributed by atoms with Crippen LogP contribution in [0.15, 0.2) is 59.2 Å². The Balaban J connectivity index is 1.77. The SMILES string of the molecule is CN(C)CCCNC(=O)c1cc(NCc2ccco2)nc(-c2ccccc2)n1. The van der Waals surface area contributed by atoms with Gasteiger partial charge in [-0.15, -0.1) is 0 Å². The molecule has 0 bridgehead atoms. The first-order valence-electron chi connectivity index (χ1n) is 9.25. The maximum Gasteiger partial charge on any atom is 0.270 e. The first kappa shape index (κ1) is 19.6. The summed E-state index contributed by atoms with van der Waals surface area (Å²) in [6.07, 6.45) is 2.50. The average Bonchev–Trinajstić information content (AvgIpc) is 3.23. The molecule has 3 aromatic rings. The van der Waals surface area contributed by atoms with Crippen molar-refractivity contribution in [1.29, 1.82) is 0 Å². The molecule has 1 amide bonds. The molecule has 0 atom stereocenters. The zero-order chi connectivity index (χ0) is 19.8. The lowest BCUT2D eigenvalue weighted by molar-refractivity contribution is 0.0947. The Hall–Kier alpha value is -3.19. The molecule has 2 aromatic heterocycles. The maximum atomic E-state index is 12.6. The fraction of sp³-hybridized carbons (Fsp3) is 0.286. The topological polar surface area (TPSA) is 83.3 Å². The van der Waals surface area contributed by atoms with Crippen molar-refractivity contribution in [2.75, 3.05) is 32.5 Å². The second-order valence-electron chi connectivity index (χ2n) is 6.67. The van der Waals surface area contributed by atoms with Gasteiger partial charge in [0, 0.05) is 18.2 Å². The maximum absolute atomic E-state index is 12.6. The zero-order valence-electron chi connectivity index (χ0n) is 16.2. The third-order valence-corrected chi connectivity index (χ3v) is 4.08. The van der Waals surface area contributed by atoms with E-state index in [0.717, 1.165) is 24.3 Å². The number of anilines is 1. The fourth-order valence-corrected chi connectivity index (χ4v) is 2.65. The van der Waals surface area contributed by atoms with E-state index in [9.17, 15) is 4.79 Å². The highest BCUT2D eigenvalue weighted by molar-refractivity contribution is 5.93. The van der Waals surface area contributed by atoms with Crippen molar-refractivity contribution in [3.05, 3.63) is 66.2 Å². The molecule has 146 valence electrons. The number of rotatable bonds is 9. The minimum atomic E-state index is -0.209. The number of carbonyl (C=O) groups is 1. The molecule has 0 fully saturated rings. The summed E-state index contributed by atoms with van der Waals surface area (Å²) in [6.45, 7) is 1.98. The van der Waals surface area contributed by atoms with Crippen LogP contribution >= 0.6 is 0 Å². The molecule has 0 saturated carbocycles. The van der Waals surface area contributed by atoms with E-state index in [1.807, 2.05) is 56.6 Å². The van der Waals surface area contributed by atoms with Gasteiger partial charge < -0.3 is 20.0 Å². The van der Waals surface area contributed by atoms with Gasteiger partial charge in [0.05, 0.1) is 12.8 Å². The van der Waals surface area contributed by atoms with Crippen LogP contribution in [0.1, 0.15) is 22.7 Å². The van der Waals surface area contributed by atoms with Crippen molar-refractivity contribution in [2.24, 2.45) is 0 Å². The largest absolute Gasteiger partial charge is 0.467 e. The number of furan rings is 1. The van der Waals surface area contributed by atoms with Crippen molar-refractivity contribution in [3.8, 4) is 11.4 Å². The molecule has 0 saturated heterocycles. The van der Waals surface area contributed by atoms with Gasteiger partial charge in [0.2, 0.25) is 0 Å². The molecule has 0 radical (unpaired) electrons. The number of carbonyl (C=O) groups excluding carboxylic acids is 1. The summed E-state index contributed by atoms with van der Waals surface area (Å²) in [6, 6.07) is 15.0. The molecule has 0 aliphatic rings. The summed E-state index contributed by atoms with van der Waals surface area (Å²) in [5.41, 5.74) is 1.19. The summed E-state index contributed by atoms with van der Waals surface area (Å²) in [7, 11) is 4.02. The number of aromatic nitrogens is 2. The van der Waals surface area contributed by atoms with Gasteiger partial charge in [-0.2, -0.15) is 0 Å². The van der Waals surface area contributed by atoms with E-state index >= 15 is 0 Å². The Morgan fingerprint density at radius 1 is 1.11 bits per heavy atom. The average molecular weight is 379 g/mol. The molecule has 0 aliphatic carbocycles. The Morgan fingerprint density at radius 2 is 1.93 bits per heavy atom. The normalized spacial score (nSPS) is 10.8. The summed E-state index contributed by atoms with van der Waals surface area (Å²) in [5, 5.41) is 6.13. The second-order valence-corrected chi connectivity index (χ2v) is 6.67. The molecule has 0 aliphatic heterocycles. The van der Waals surface area contributed by atoms with E-state index in [0.29, 0.717) is 30.4 Å². The van der Waals surface area contributed by atoms with Gasteiger partial charge in [0.1, 0.15) is 17.3 Å². The summed E-state index contributed by atoms with van der Waals surface area (Å²) >= 11 is 0. The fourth-order valence-electron chi connectivity index (χ4n) is 2.65. The van der Waals surface area contributed by atoms with Crippen LogP contribution in [0.25, 0.3) is 11.4 Å². The summed E-state index contributed by atoms with van der Waals surface area (Å²) in [5.74, 6) is 1.65. The third kappa shape index (κ3) is 5.65. The van der Waals surface area contributed by atoms with Crippen LogP contribution in [0.5, 0.6) is 0 Å². The first-order valence-corrected chi connectivity index (χ1v) is 9.25. The predicted octanol–water partition coefficient (Wildman–Crippen LogP) is 3.03. The molecule has 1 aromatic carbocycles. The number of amides is 1. The number of nitrogens with one attached hydrogen (secondary N) is 2. The van der Waals surface area contributed by atoms with E-state index in [1.54, 1.807) is 12.3 Å². The van der Waals surface area contributed by atoms with Crippen molar-refractivity contribution >= 4 is 11.7 Å². The molecular weight excluding hydrogens is 354 g/mol. The quantitative estimate of drug-likeness (QED) is 0.556. The lowest BCUT2D eigenvalue weighted by Crippen LogP contribution is -2.28. The van der Waals surface area contributed by atoms with Crippen LogP contribution in [-0.4, -0.2) is 48.0 Å². The molecule has 28 heavy (non-hydrogen) atoms. The molecule has 0 unspecified atom stereocenters. The summed E-state index contributed by atoms with van der Waals surface area (Å²) < 4.78 is 5.34. The predicted molar refractivity (Wildman–Crippen MR) is 109 cm³/mol. The first-order chi connectivity index (χ1) is 13.6. The molecule has 7 heteroatoms. The van der Waals surface area contributed by atoms with Crippen LogP contribution < -0.4 is 10.6 Å². The van der Waals surface area contributed by atoms with E-state index in [4.69, 9.17) is 4.42 Å². The van der Waals surface area contributed by atoms with Gasteiger partial charge >= 0.3 is 0 Å². The minimum Gasteiger partial charge on any atom is -0.467 e. The van der Waals surface area contributed by atoms with E-state index < -0.39 is 0 Å². The van der Waals surface area contributed by atoms with Crippen molar-refractivity contribution < 1.29 is 9.21 Å². The van der Waals surface area contributed by atoms with Crippen molar-refractivity contribution in [2.45, 2.75) is 13.0 Å². The van der Waals surface area contributed by atoms with Gasteiger partial charge in [0.15, 0.2) is 5.82 Å². The molecule has 2 N–H and O–H groups in total. The highest BCUT2D eigenvalue weighted by atomic mass is 16.3. The van der Waals surface area contributed by atoms with Crippen LogP contribution in [-0.2, 0) is 6.54 Å². The van der Waals surface area contributed by atoms with E-state index in [1.165, 1.54) is 0 Å². The number of hydrogen-bond donors (Lipinski definition) is 2. The Kier molecular flexibility index (Phi) is 6.75. The van der Waals surface area contributed by atoms with Gasteiger partial charge in [-0.05, 0) is 39.2 Å². The van der Waals surface area contributed by atoms with Crippen LogP contribution in [0.3, 0.4) is 0 Å². The number of nitrogens with zero attached hydrogens (tertiary/aromatic N) is 3. The lowest BCUT2D eigenvalue weighted by atomic mass is 10.2. The monoisotopic (exact) mass is 379 g/mol. The summed E-state index contributed by atoms with van der Waals surface area (Å²) in [4.78, 5) is 23.7. The molecule has 0 spiro atoms. The van der Waals surface area contributed by atoms with Crippen LogP contribution in [0, 0.1) is 0 Å². The Bertz CT molecular complexity index is 879. The zero-order valence-corrected chi connectivity index (χ0v) is 16.2. The smallest absolute Gasteiger partial charge is 0.270 e. The second kappa shape index (κ2) is 9.66. The van der Waals surface area contributed by atoms with Gasteiger partial charge in [-0.1, -0.05) is 30.3 Å². The van der Waals surface area contributed by atoms with Crippen LogP contribution in [0.4, 0.5) is 5.82 Å². The highest BCUT2D eigenvalue weighted by Gasteiger charge is 2.13. The van der Waals surface area contributed by atoms with Gasteiger partial charge in [-0.25, -0.2) is 9.97 Å². The van der Waals surface area contributed by atoms with Crippen molar-refractivity contribution in [3.63, 3.8) is 0 Å². The highest BCUT2D eigenvalue weighted by Crippen LogP contribution is 2.18. The third-order valence-electron chi connectivity index (χ3n) is 4.08. The number of benzene rings is 1. The van der Waals surface area contributed by atoms with E-state index in [-0.39, 0.29) is 5.91 Å². The number of hydrogen-bond acceptors (Lipinski definition) is 6. The molecule has 7 nitrogen and oxygen atoms in total. The van der Waals surface area contributed by atoms with Crippen molar-refractivity contribution in [1.82, 2.24) is 20.2 Å². The van der Waals surface area contributed by atoms with Crippen LogP contribution in [0.2, 0.25) is 0 Å². The molecule has 2 heterocycles. The minimum absolute atomic E-state index is 0.209. The molecular formula is C21H25N5O2.